The Labute approximate surface area is 129 Å². The second-order valence-electron chi connectivity index (χ2n) is 4.78. The Kier molecular flexibility index (Phi) is 7.44. The molecule has 1 rings (SSSR count). The number of nitrogens with one attached hydrogen (secondary N) is 1. The topological polar surface area (TPSA) is 59.6 Å². The maximum absolute atomic E-state index is 5.81. The van der Waals surface area contributed by atoms with Gasteiger partial charge in [0.25, 0.3) is 0 Å². The fourth-order valence-electron chi connectivity index (χ4n) is 1.79. The number of aliphatic imine (C=N–C) groups is 1. The van der Waals surface area contributed by atoms with Crippen LogP contribution in [0.15, 0.2) is 27.7 Å². The van der Waals surface area contributed by atoms with Crippen molar-refractivity contribution in [3.63, 3.8) is 0 Å². The minimum Gasteiger partial charge on any atom is -0.496 e. The van der Waals surface area contributed by atoms with Crippen molar-refractivity contribution in [2.45, 2.75) is 39.2 Å². The first-order chi connectivity index (χ1) is 9.56. The number of rotatable bonds is 7. The van der Waals surface area contributed by atoms with Gasteiger partial charge in [0.1, 0.15) is 5.75 Å². The van der Waals surface area contributed by atoms with Crippen molar-refractivity contribution in [3.8, 4) is 5.75 Å². The van der Waals surface area contributed by atoms with Gasteiger partial charge in [0.15, 0.2) is 5.96 Å². The predicted molar refractivity (Wildman–Crippen MR) is 88.4 cm³/mol. The lowest BCUT2D eigenvalue weighted by molar-refractivity contribution is 0.409. The van der Waals surface area contributed by atoms with E-state index < -0.39 is 0 Å². The number of aryl methyl sites for hydroxylation is 1. The van der Waals surface area contributed by atoms with Gasteiger partial charge in [-0.25, -0.2) is 0 Å². The molecule has 0 amide bonds. The van der Waals surface area contributed by atoms with E-state index >= 15 is 0 Å². The molecule has 112 valence electrons. The Morgan fingerprint density at radius 2 is 2.25 bits per heavy atom. The van der Waals surface area contributed by atoms with Gasteiger partial charge in [-0.05, 0) is 43.9 Å². The monoisotopic (exact) mass is 341 g/mol. The first-order valence-corrected chi connectivity index (χ1v) is 7.75. The second kappa shape index (κ2) is 8.84. The highest BCUT2D eigenvalue weighted by Crippen LogP contribution is 2.24. The van der Waals surface area contributed by atoms with Gasteiger partial charge in [0, 0.05) is 17.1 Å². The number of benzene rings is 1. The third-order valence-corrected chi connectivity index (χ3v) is 3.64. The first-order valence-electron chi connectivity index (χ1n) is 6.95. The quantitative estimate of drug-likeness (QED) is 0.455. The Morgan fingerprint density at radius 1 is 1.50 bits per heavy atom. The van der Waals surface area contributed by atoms with E-state index in [1.165, 1.54) is 5.56 Å². The van der Waals surface area contributed by atoms with Gasteiger partial charge in [-0.3, -0.25) is 4.99 Å². The lowest BCUT2D eigenvalue weighted by Crippen LogP contribution is -2.38. The summed E-state index contributed by atoms with van der Waals surface area (Å²) >= 11 is 3.44. The van der Waals surface area contributed by atoms with Crippen molar-refractivity contribution in [2.75, 3.05) is 13.7 Å². The molecule has 1 aromatic rings. The summed E-state index contributed by atoms with van der Waals surface area (Å²) in [6, 6.07) is 6.45. The second-order valence-corrected chi connectivity index (χ2v) is 5.70. The summed E-state index contributed by atoms with van der Waals surface area (Å²) < 4.78 is 6.39. The molecule has 0 aliphatic carbocycles. The van der Waals surface area contributed by atoms with Gasteiger partial charge in [-0.2, -0.15) is 0 Å². The molecule has 4 nitrogen and oxygen atoms in total. The minimum absolute atomic E-state index is 0.366. The molecular formula is C15H24BrN3O. The molecule has 5 heteroatoms. The molecule has 0 aromatic heterocycles. The van der Waals surface area contributed by atoms with Crippen LogP contribution in [0.25, 0.3) is 0 Å². The summed E-state index contributed by atoms with van der Waals surface area (Å²) in [6.07, 6.45) is 2.91. The zero-order valence-electron chi connectivity index (χ0n) is 12.4. The zero-order valence-corrected chi connectivity index (χ0v) is 14.0. The van der Waals surface area contributed by atoms with Crippen molar-refractivity contribution >= 4 is 21.9 Å². The first kappa shape index (κ1) is 16.8. The Bertz CT molecular complexity index is 449. The SMILES string of the molecule is CCC(C)NC(N)=NCCCc1ccc(Br)cc1OC. The zero-order chi connectivity index (χ0) is 15.0. The van der Waals surface area contributed by atoms with Crippen LogP contribution in [-0.4, -0.2) is 25.7 Å². The van der Waals surface area contributed by atoms with Crippen molar-refractivity contribution in [2.24, 2.45) is 10.7 Å². The molecular weight excluding hydrogens is 318 g/mol. The summed E-state index contributed by atoms with van der Waals surface area (Å²) in [6.45, 7) is 4.92. The highest BCUT2D eigenvalue weighted by Gasteiger charge is 2.03. The van der Waals surface area contributed by atoms with Crippen LogP contribution in [0.2, 0.25) is 0 Å². The van der Waals surface area contributed by atoms with Gasteiger partial charge < -0.3 is 15.8 Å². The smallest absolute Gasteiger partial charge is 0.188 e. The molecule has 1 atom stereocenters. The number of guanidine groups is 1. The molecule has 3 N–H and O–H groups in total. The van der Waals surface area contributed by atoms with E-state index in [-0.39, 0.29) is 0 Å². The number of halogens is 1. The standard InChI is InChI=1S/C15H24BrN3O/c1-4-11(2)19-15(17)18-9-5-6-12-7-8-13(16)10-14(12)20-3/h7-8,10-11H,4-6,9H2,1-3H3,(H3,17,18,19). The van der Waals surface area contributed by atoms with Crippen LogP contribution in [0, 0.1) is 0 Å². The maximum Gasteiger partial charge on any atom is 0.188 e. The third kappa shape index (κ3) is 5.82. The number of methoxy groups -OCH3 is 1. The minimum atomic E-state index is 0.366. The summed E-state index contributed by atoms with van der Waals surface area (Å²) in [4.78, 5) is 4.33. The van der Waals surface area contributed by atoms with E-state index in [0.29, 0.717) is 18.5 Å². The molecule has 0 saturated heterocycles. The van der Waals surface area contributed by atoms with Crippen molar-refractivity contribution in [1.82, 2.24) is 5.32 Å². The van der Waals surface area contributed by atoms with E-state index in [0.717, 1.165) is 29.5 Å². The van der Waals surface area contributed by atoms with E-state index in [9.17, 15) is 0 Å². The predicted octanol–water partition coefficient (Wildman–Crippen LogP) is 3.09. The molecule has 0 aliphatic rings. The Morgan fingerprint density at radius 3 is 2.90 bits per heavy atom. The van der Waals surface area contributed by atoms with Gasteiger partial charge in [0.2, 0.25) is 0 Å². The average molecular weight is 342 g/mol. The molecule has 0 heterocycles. The number of nitrogens with two attached hydrogens (primary N) is 1. The highest BCUT2D eigenvalue weighted by atomic mass is 79.9. The summed E-state index contributed by atoms with van der Waals surface area (Å²) in [5.41, 5.74) is 7.01. The van der Waals surface area contributed by atoms with E-state index in [1.54, 1.807) is 7.11 Å². The highest BCUT2D eigenvalue weighted by molar-refractivity contribution is 9.10. The number of hydrogen-bond acceptors (Lipinski definition) is 2. The van der Waals surface area contributed by atoms with Gasteiger partial charge in [-0.15, -0.1) is 0 Å². The molecule has 1 unspecified atom stereocenters. The van der Waals surface area contributed by atoms with Crippen LogP contribution in [0.5, 0.6) is 5.75 Å². The normalized spacial score (nSPS) is 13.1. The summed E-state index contributed by atoms with van der Waals surface area (Å²) in [5.74, 6) is 1.44. The van der Waals surface area contributed by atoms with Crippen LogP contribution in [0.3, 0.4) is 0 Å². The van der Waals surface area contributed by atoms with Gasteiger partial charge >= 0.3 is 0 Å². The van der Waals surface area contributed by atoms with E-state index in [4.69, 9.17) is 10.5 Å². The maximum atomic E-state index is 5.81. The Hall–Kier alpha value is -1.23. The van der Waals surface area contributed by atoms with Crippen molar-refractivity contribution in [1.29, 1.82) is 0 Å². The molecule has 0 saturated carbocycles. The number of ether oxygens (including phenoxy) is 1. The van der Waals surface area contributed by atoms with Crippen molar-refractivity contribution in [3.05, 3.63) is 28.2 Å². The Balaban J connectivity index is 2.43. The summed E-state index contributed by atoms with van der Waals surface area (Å²) in [5, 5.41) is 3.16. The van der Waals surface area contributed by atoms with Gasteiger partial charge in [0.05, 0.1) is 7.11 Å². The van der Waals surface area contributed by atoms with E-state index in [1.807, 2.05) is 12.1 Å². The molecule has 0 aliphatic heterocycles. The number of hydrogen-bond donors (Lipinski definition) is 2. The average Bonchev–Trinajstić information content (AvgIpc) is 2.44. The molecule has 0 radical (unpaired) electrons. The molecule has 0 bridgehead atoms. The van der Waals surface area contributed by atoms with Crippen LogP contribution < -0.4 is 15.8 Å². The lowest BCUT2D eigenvalue weighted by atomic mass is 10.1. The van der Waals surface area contributed by atoms with E-state index in [2.05, 4.69) is 46.2 Å². The lowest BCUT2D eigenvalue weighted by Gasteiger charge is -2.12. The fourth-order valence-corrected chi connectivity index (χ4v) is 2.13. The van der Waals surface area contributed by atoms with Crippen molar-refractivity contribution < 1.29 is 4.74 Å². The molecule has 0 fully saturated rings. The largest absolute Gasteiger partial charge is 0.496 e. The van der Waals surface area contributed by atoms with Gasteiger partial charge in [-0.1, -0.05) is 28.9 Å². The third-order valence-electron chi connectivity index (χ3n) is 3.14. The summed E-state index contributed by atoms with van der Waals surface area (Å²) in [7, 11) is 1.69. The molecule has 1 aromatic carbocycles. The van der Waals surface area contributed by atoms with Crippen LogP contribution >= 0.6 is 15.9 Å². The fraction of sp³-hybridized carbons (Fsp3) is 0.533. The van der Waals surface area contributed by atoms with Crippen LogP contribution in [0.1, 0.15) is 32.3 Å². The molecule has 20 heavy (non-hydrogen) atoms. The number of nitrogens with zero attached hydrogens (tertiary/aromatic N) is 1. The van der Waals surface area contributed by atoms with Crippen LogP contribution in [-0.2, 0) is 6.42 Å². The van der Waals surface area contributed by atoms with Crippen LogP contribution in [0.4, 0.5) is 0 Å². The molecule has 0 spiro atoms.